The van der Waals surface area contributed by atoms with Crippen LogP contribution in [0.5, 0.6) is 0 Å². The predicted molar refractivity (Wildman–Crippen MR) is 70.2 cm³/mol. The zero-order chi connectivity index (χ0) is 11.9. The van der Waals surface area contributed by atoms with Crippen molar-refractivity contribution in [3.05, 3.63) is 35.9 Å². The van der Waals surface area contributed by atoms with Crippen molar-refractivity contribution in [3.8, 4) is 0 Å². The SMILES string of the molecule is CCC(CCl)(CCCOC)c1ccccc1. The Morgan fingerprint density at radius 1 is 1.25 bits per heavy atom. The van der Waals surface area contributed by atoms with Gasteiger partial charge in [-0.25, -0.2) is 0 Å². The lowest BCUT2D eigenvalue weighted by Gasteiger charge is -2.31. The van der Waals surface area contributed by atoms with Gasteiger partial charge in [-0.1, -0.05) is 37.3 Å². The summed E-state index contributed by atoms with van der Waals surface area (Å²) >= 11 is 6.20. The topological polar surface area (TPSA) is 9.23 Å². The summed E-state index contributed by atoms with van der Waals surface area (Å²) in [5, 5.41) is 0. The molecule has 1 rings (SSSR count). The molecule has 1 atom stereocenters. The normalized spacial score (nSPS) is 14.7. The van der Waals surface area contributed by atoms with Crippen LogP contribution in [-0.4, -0.2) is 19.6 Å². The van der Waals surface area contributed by atoms with Crippen LogP contribution in [0, 0.1) is 0 Å². The van der Waals surface area contributed by atoms with Gasteiger partial charge in [0, 0.05) is 25.0 Å². The fourth-order valence-electron chi connectivity index (χ4n) is 2.11. The van der Waals surface area contributed by atoms with E-state index >= 15 is 0 Å². The molecule has 0 fully saturated rings. The van der Waals surface area contributed by atoms with Crippen LogP contribution in [0.1, 0.15) is 31.7 Å². The molecule has 1 nitrogen and oxygen atoms in total. The predicted octanol–water partition coefficient (Wildman–Crippen LogP) is 4.00. The lowest BCUT2D eigenvalue weighted by atomic mass is 9.76. The van der Waals surface area contributed by atoms with Crippen molar-refractivity contribution < 1.29 is 4.74 Å². The Hall–Kier alpha value is -0.530. The molecule has 0 amide bonds. The van der Waals surface area contributed by atoms with E-state index in [1.807, 2.05) is 6.07 Å². The average Bonchev–Trinajstić information content (AvgIpc) is 2.36. The number of rotatable bonds is 7. The van der Waals surface area contributed by atoms with E-state index in [9.17, 15) is 0 Å². The highest BCUT2D eigenvalue weighted by Gasteiger charge is 2.28. The summed E-state index contributed by atoms with van der Waals surface area (Å²) in [5.74, 6) is 0.678. The van der Waals surface area contributed by atoms with Gasteiger partial charge in [0.25, 0.3) is 0 Å². The van der Waals surface area contributed by atoms with Gasteiger partial charge in [0.1, 0.15) is 0 Å². The zero-order valence-corrected chi connectivity index (χ0v) is 11.0. The smallest absolute Gasteiger partial charge is 0.0462 e. The Morgan fingerprint density at radius 3 is 2.44 bits per heavy atom. The van der Waals surface area contributed by atoms with Gasteiger partial charge in [-0.2, -0.15) is 0 Å². The minimum absolute atomic E-state index is 0.112. The molecule has 1 aromatic carbocycles. The first-order valence-corrected chi connectivity index (χ1v) is 6.43. The zero-order valence-electron chi connectivity index (χ0n) is 10.2. The molecule has 0 spiro atoms. The minimum atomic E-state index is 0.112. The number of hydrogen-bond acceptors (Lipinski definition) is 1. The number of hydrogen-bond donors (Lipinski definition) is 0. The third-order valence-electron chi connectivity index (χ3n) is 3.32. The molecule has 0 aromatic heterocycles. The fraction of sp³-hybridized carbons (Fsp3) is 0.571. The van der Waals surface area contributed by atoms with Gasteiger partial charge < -0.3 is 4.74 Å². The highest BCUT2D eigenvalue weighted by atomic mass is 35.5. The summed E-state index contributed by atoms with van der Waals surface area (Å²) in [6.45, 7) is 3.02. The Balaban J connectivity index is 2.79. The quantitative estimate of drug-likeness (QED) is 0.517. The molecule has 1 unspecified atom stereocenters. The molecule has 0 saturated heterocycles. The monoisotopic (exact) mass is 240 g/mol. The molecule has 0 bridgehead atoms. The number of benzene rings is 1. The molecule has 16 heavy (non-hydrogen) atoms. The summed E-state index contributed by atoms with van der Waals surface area (Å²) in [6.07, 6.45) is 3.22. The van der Waals surface area contributed by atoms with Crippen LogP contribution in [0.15, 0.2) is 30.3 Å². The van der Waals surface area contributed by atoms with Gasteiger partial charge in [-0.05, 0) is 24.8 Å². The van der Waals surface area contributed by atoms with Crippen LogP contribution in [-0.2, 0) is 10.2 Å². The van der Waals surface area contributed by atoms with Crippen molar-refractivity contribution in [2.45, 2.75) is 31.6 Å². The van der Waals surface area contributed by atoms with Gasteiger partial charge in [-0.15, -0.1) is 11.6 Å². The van der Waals surface area contributed by atoms with Gasteiger partial charge in [-0.3, -0.25) is 0 Å². The second-order valence-electron chi connectivity index (χ2n) is 4.23. The Labute approximate surface area is 104 Å². The molecule has 2 heteroatoms. The number of methoxy groups -OCH3 is 1. The first-order valence-electron chi connectivity index (χ1n) is 5.89. The van der Waals surface area contributed by atoms with E-state index in [1.54, 1.807) is 7.11 Å². The third kappa shape index (κ3) is 3.23. The van der Waals surface area contributed by atoms with E-state index in [4.69, 9.17) is 16.3 Å². The van der Waals surface area contributed by atoms with E-state index in [1.165, 1.54) is 5.56 Å². The van der Waals surface area contributed by atoms with Gasteiger partial charge in [0.05, 0.1) is 0 Å². The van der Waals surface area contributed by atoms with E-state index in [2.05, 4.69) is 31.2 Å². The van der Waals surface area contributed by atoms with E-state index in [-0.39, 0.29) is 5.41 Å². The van der Waals surface area contributed by atoms with E-state index in [0.29, 0.717) is 5.88 Å². The highest BCUT2D eigenvalue weighted by Crippen LogP contribution is 2.34. The van der Waals surface area contributed by atoms with Crippen molar-refractivity contribution in [1.29, 1.82) is 0 Å². The number of ether oxygens (including phenoxy) is 1. The fourth-order valence-corrected chi connectivity index (χ4v) is 2.59. The summed E-state index contributed by atoms with van der Waals surface area (Å²) in [4.78, 5) is 0. The van der Waals surface area contributed by atoms with Crippen LogP contribution < -0.4 is 0 Å². The summed E-state index contributed by atoms with van der Waals surface area (Å²) < 4.78 is 5.12. The average molecular weight is 241 g/mol. The molecule has 0 heterocycles. The second kappa shape index (κ2) is 6.93. The molecule has 90 valence electrons. The number of halogens is 1. The molecular weight excluding hydrogens is 220 g/mol. The Morgan fingerprint density at radius 2 is 1.94 bits per heavy atom. The van der Waals surface area contributed by atoms with Gasteiger partial charge in [0.15, 0.2) is 0 Å². The van der Waals surface area contributed by atoms with Crippen LogP contribution in [0.3, 0.4) is 0 Å². The summed E-state index contributed by atoms with van der Waals surface area (Å²) in [7, 11) is 1.75. The molecular formula is C14H21ClO. The minimum Gasteiger partial charge on any atom is -0.385 e. The van der Waals surface area contributed by atoms with Crippen molar-refractivity contribution in [2.24, 2.45) is 0 Å². The van der Waals surface area contributed by atoms with Crippen molar-refractivity contribution in [1.82, 2.24) is 0 Å². The maximum atomic E-state index is 6.20. The van der Waals surface area contributed by atoms with Crippen LogP contribution in [0.2, 0.25) is 0 Å². The molecule has 1 aromatic rings. The summed E-state index contributed by atoms with van der Waals surface area (Å²) in [6, 6.07) is 10.6. The van der Waals surface area contributed by atoms with Gasteiger partial charge in [0.2, 0.25) is 0 Å². The largest absolute Gasteiger partial charge is 0.385 e. The van der Waals surface area contributed by atoms with E-state index < -0.39 is 0 Å². The van der Waals surface area contributed by atoms with Crippen LogP contribution in [0.25, 0.3) is 0 Å². The Bertz CT molecular complexity index is 280. The second-order valence-corrected chi connectivity index (χ2v) is 4.50. The highest BCUT2D eigenvalue weighted by molar-refractivity contribution is 6.18. The van der Waals surface area contributed by atoms with Crippen LogP contribution in [0.4, 0.5) is 0 Å². The lowest BCUT2D eigenvalue weighted by Crippen LogP contribution is -2.27. The van der Waals surface area contributed by atoms with Crippen molar-refractivity contribution in [3.63, 3.8) is 0 Å². The van der Waals surface area contributed by atoms with Crippen LogP contribution >= 0.6 is 11.6 Å². The maximum Gasteiger partial charge on any atom is 0.0462 e. The maximum absolute atomic E-state index is 6.20. The van der Waals surface area contributed by atoms with Crippen molar-refractivity contribution in [2.75, 3.05) is 19.6 Å². The van der Waals surface area contributed by atoms with Crippen molar-refractivity contribution >= 4 is 11.6 Å². The molecule has 0 aliphatic rings. The standard InChI is InChI=1S/C14H21ClO/c1-3-14(12-15,10-7-11-16-2)13-8-5-4-6-9-13/h4-6,8-9H,3,7,10-12H2,1-2H3. The first-order chi connectivity index (χ1) is 7.79. The Kier molecular flexibility index (Phi) is 5.86. The van der Waals surface area contributed by atoms with Gasteiger partial charge >= 0.3 is 0 Å². The molecule has 0 N–H and O–H groups in total. The third-order valence-corrected chi connectivity index (χ3v) is 3.83. The van der Waals surface area contributed by atoms with E-state index in [0.717, 1.165) is 25.9 Å². The number of alkyl halides is 1. The molecule has 0 aliphatic carbocycles. The summed E-state index contributed by atoms with van der Waals surface area (Å²) in [5.41, 5.74) is 1.46. The molecule has 0 saturated carbocycles. The molecule has 0 aliphatic heterocycles. The lowest BCUT2D eigenvalue weighted by molar-refractivity contribution is 0.183. The molecule has 0 radical (unpaired) electrons. The first kappa shape index (κ1) is 13.5.